The van der Waals surface area contributed by atoms with Crippen LogP contribution >= 0.6 is 11.6 Å². The summed E-state index contributed by atoms with van der Waals surface area (Å²) in [6.45, 7) is 0.742. The number of hydrogen-bond acceptors (Lipinski definition) is 2. The lowest BCUT2D eigenvalue weighted by molar-refractivity contribution is 0.0792. The number of carbonyl (C=O) groups excluding carboxylic acids is 1. The van der Waals surface area contributed by atoms with E-state index in [0.717, 1.165) is 25.8 Å². The average Bonchev–Trinajstić information content (AvgIpc) is 2.51. The van der Waals surface area contributed by atoms with Gasteiger partial charge in [-0.1, -0.05) is 41.9 Å². The van der Waals surface area contributed by atoms with Gasteiger partial charge >= 0.3 is 0 Å². The van der Waals surface area contributed by atoms with E-state index in [4.69, 9.17) is 11.6 Å². The van der Waals surface area contributed by atoms with Gasteiger partial charge in [-0.15, -0.1) is 0 Å². The summed E-state index contributed by atoms with van der Waals surface area (Å²) in [6, 6.07) is 13.7. The predicted octanol–water partition coefficient (Wildman–Crippen LogP) is 3.83. The molecule has 1 amide bonds. The van der Waals surface area contributed by atoms with E-state index in [9.17, 15) is 4.79 Å². The van der Waals surface area contributed by atoms with E-state index in [1.165, 1.54) is 5.56 Å². The van der Waals surface area contributed by atoms with Crippen LogP contribution in [0.2, 0.25) is 5.15 Å². The van der Waals surface area contributed by atoms with Crippen molar-refractivity contribution in [3.63, 3.8) is 0 Å². The van der Waals surface area contributed by atoms with Gasteiger partial charge in [0.1, 0.15) is 5.15 Å². The highest BCUT2D eigenvalue weighted by Crippen LogP contribution is 2.10. The summed E-state index contributed by atoms with van der Waals surface area (Å²) >= 11 is 5.81. The van der Waals surface area contributed by atoms with Crippen LogP contribution in [-0.4, -0.2) is 29.4 Å². The highest BCUT2D eigenvalue weighted by Gasteiger charge is 2.11. The number of nitrogens with zero attached hydrogens (tertiary/aromatic N) is 2. The third-order valence-electron chi connectivity index (χ3n) is 3.37. The Morgan fingerprint density at radius 1 is 1.19 bits per heavy atom. The fourth-order valence-corrected chi connectivity index (χ4v) is 2.35. The van der Waals surface area contributed by atoms with Crippen LogP contribution in [0.1, 0.15) is 28.8 Å². The predicted molar refractivity (Wildman–Crippen MR) is 85.6 cm³/mol. The van der Waals surface area contributed by atoms with E-state index in [0.29, 0.717) is 10.7 Å². The molecule has 110 valence electrons. The van der Waals surface area contributed by atoms with Crippen molar-refractivity contribution < 1.29 is 4.79 Å². The minimum Gasteiger partial charge on any atom is -0.342 e. The summed E-state index contributed by atoms with van der Waals surface area (Å²) in [5.74, 6) is -0.0148. The van der Waals surface area contributed by atoms with Crippen molar-refractivity contribution in [2.24, 2.45) is 0 Å². The second-order valence-corrected chi connectivity index (χ2v) is 5.42. The minimum absolute atomic E-state index is 0.0148. The molecule has 0 aliphatic rings. The molecule has 0 N–H and O–H groups in total. The minimum atomic E-state index is -0.0148. The van der Waals surface area contributed by atoms with Gasteiger partial charge in [0.2, 0.25) is 0 Å². The number of hydrogen-bond donors (Lipinski definition) is 0. The molecular formula is C17H19ClN2O. The molecule has 0 aliphatic carbocycles. The SMILES string of the molecule is CN(CCCCc1ccccc1)C(=O)c1ccnc(Cl)c1. The number of aromatic nitrogens is 1. The summed E-state index contributed by atoms with van der Waals surface area (Å²) in [5.41, 5.74) is 1.92. The maximum absolute atomic E-state index is 12.2. The van der Waals surface area contributed by atoms with Gasteiger partial charge < -0.3 is 4.90 Å². The molecule has 2 aromatic rings. The number of unbranched alkanes of at least 4 members (excludes halogenated alkanes) is 1. The van der Waals surface area contributed by atoms with E-state index in [2.05, 4.69) is 29.2 Å². The fourth-order valence-electron chi connectivity index (χ4n) is 2.18. The van der Waals surface area contributed by atoms with Crippen LogP contribution in [0, 0.1) is 0 Å². The first-order valence-corrected chi connectivity index (χ1v) is 7.45. The van der Waals surface area contributed by atoms with Crippen LogP contribution < -0.4 is 0 Å². The quantitative estimate of drug-likeness (QED) is 0.600. The molecule has 0 bridgehead atoms. The highest BCUT2D eigenvalue weighted by molar-refractivity contribution is 6.29. The maximum atomic E-state index is 12.2. The second kappa shape index (κ2) is 7.79. The Bertz CT molecular complexity index is 586. The third-order valence-corrected chi connectivity index (χ3v) is 3.58. The van der Waals surface area contributed by atoms with Crippen molar-refractivity contribution in [1.82, 2.24) is 9.88 Å². The molecule has 1 aromatic carbocycles. The molecule has 4 heteroatoms. The lowest BCUT2D eigenvalue weighted by Gasteiger charge is -2.17. The topological polar surface area (TPSA) is 33.2 Å². The number of benzene rings is 1. The Morgan fingerprint density at radius 2 is 1.95 bits per heavy atom. The Hall–Kier alpha value is -1.87. The smallest absolute Gasteiger partial charge is 0.253 e. The molecule has 21 heavy (non-hydrogen) atoms. The Kier molecular flexibility index (Phi) is 5.76. The maximum Gasteiger partial charge on any atom is 0.253 e. The van der Waals surface area contributed by atoms with Crippen molar-refractivity contribution in [3.8, 4) is 0 Å². The molecule has 0 unspecified atom stereocenters. The summed E-state index contributed by atoms with van der Waals surface area (Å²) < 4.78 is 0. The first kappa shape index (κ1) is 15.5. The summed E-state index contributed by atoms with van der Waals surface area (Å²) in [4.78, 5) is 17.8. The molecule has 2 rings (SSSR count). The zero-order valence-electron chi connectivity index (χ0n) is 12.1. The lowest BCUT2D eigenvalue weighted by atomic mass is 10.1. The Morgan fingerprint density at radius 3 is 2.67 bits per heavy atom. The molecule has 0 fully saturated rings. The van der Waals surface area contributed by atoms with Gasteiger partial charge in [-0.25, -0.2) is 4.98 Å². The van der Waals surface area contributed by atoms with Gasteiger partial charge in [-0.3, -0.25) is 4.79 Å². The first-order valence-electron chi connectivity index (χ1n) is 7.08. The van der Waals surface area contributed by atoms with Gasteiger partial charge in [0, 0.05) is 25.4 Å². The molecule has 0 spiro atoms. The van der Waals surface area contributed by atoms with Crippen molar-refractivity contribution in [2.75, 3.05) is 13.6 Å². The average molecular weight is 303 g/mol. The summed E-state index contributed by atoms with van der Waals surface area (Å²) in [5, 5.41) is 0.346. The molecule has 1 aromatic heterocycles. The van der Waals surface area contributed by atoms with E-state index < -0.39 is 0 Å². The van der Waals surface area contributed by atoms with Crippen LogP contribution in [0.15, 0.2) is 48.7 Å². The van der Waals surface area contributed by atoms with Crippen molar-refractivity contribution >= 4 is 17.5 Å². The van der Waals surface area contributed by atoms with Crippen LogP contribution in [0.4, 0.5) is 0 Å². The van der Waals surface area contributed by atoms with Crippen LogP contribution in [0.5, 0.6) is 0 Å². The standard InChI is InChI=1S/C17H19ClN2O/c1-20(17(21)15-10-11-19-16(18)13-15)12-6-5-9-14-7-3-2-4-8-14/h2-4,7-8,10-11,13H,5-6,9,12H2,1H3. The van der Waals surface area contributed by atoms with Crippen molar-refractivity contribution in [3.05, 3.63) is 64.9 Å². The molecule has 3 nitrogen and oxygen atoms in total. The number of pyridine rings is 1. The highest BCUT2D eigenvalue weighted by atomic mass is 35.5. The Balaban J connectivity index is 1.76. The molecule has 1 heterocycles. The Labute approximate surface area is 130 Å². The number of carbonyl (C=O) groups is 1. The molecule has 0 atom stereocenters. The zero-order chi connectivity index (χ0) is 15.1. The molecular weight excluding hydrogens is 284 g/mol. The number of halogens is 1. The van der Waals surface area contributed by atoms with Crippen LogP contribution in [0.3, 0.4) is 0 Å². The van der Waals surface area contributed by atoms with E-state index >= 15 is 0 Å². The van der Waals surface area contributed by atoms with Gasteiger partial charge in [0.25, 0.3) is 5.91 Å². The summed E-state index contributed by atoms with van der Waals surface area (Å²) in [7, 11) is 1.82. The monoisotopic (exact) mass is 302 g/mol. The second-order valence-electron chi connectivity index (χ2n) is 5.04. The first-order chi connectivity index (χ1) is 10.2. The normalized spacial score (nSPS) is 10.4. The molecule has 0 saturated carbocycles. The molecule has 0 radical (unpaired) electrons. The van der Waals surface area contributed by atoms with E-state index in [1.54, 1.807) is 23.2 Å². The number of rotatable bonds is 6. The lowest BCUT2D eigenvalue weighted by Crippen LogP contribution is -2.27. The number of amides is 1. The zero-order valence-corrected chi connectivity index (χ0v) is 12.9. The summed E-state index contributed by atoms with van der Waals surface area (Å²) in [6.07, 6.45) is 4.65. The van der Waals surface area contributed by atoms with Crippen molar-refractivity contribution in [1.29, 1.82) is 0 Å². The van der Waals surface area contributed by atoms with Crippen LogP contribution in [-0.2, 0) is 6.42 Å². The van der Waals surface area contributed by atoms with Crippen molar-refractivity contribution in [2.45, 2.75) is 19.3 Å². The largest absolute Gasteiger partial charge is 0.342 e. The fraction of sp³-hybridized carbons (Fsp3) is 0.294. The number of aryl methyl sites for hydroxylation is 1. The third kappa shape index (κ3) is 4.87. The van der Waals surface area contributed by atoms with Gasteiger partial charge in [-0.2, -0.15) is 0 Å². The molecule has 0 saturated heterocycles. The van der Waals surface area contributed by atoms with Crippen LogP contribution in [0.25, 0.3) is 0 Å². The molecule has 0 aliphatic heterocycles. The van der Waals surface area contributed by atoms with E-state index in [-0.39, 0.29) is 5.91 Å². The van der Waals surface area contributed by atoms with Gasteiger partial charge in [0.05, 0.1) is 0 Å². The van der Waals surface area contributed by atoms with Gasteiger partial charge in [-0.05, 0) is 37.0 Å². The van der Waals surface area contributed by atoms with E-state index in [1.807, 2.05) is 13.1 Å². The van der Waals surface area contributed by atoms with Gasteiger partial charge in [0.15, 0.2) is 0 Å².